The van der Waals surface area contributed by atoms with Crippen molar-refractivity contribution >= 4 is 11.6 Å². The first-order valence-electron chi connectivity index (χ1n) is 7.27. The van der Waals surface area contributed by atoms with Gasteiger partial charge in [0.05, 0.1) is 4.92 Å². The summed E-state index contributed by atoms with van der Waals surface area (Å²) in [7, 11) is 1.58. The van der Waals surface area contributed by atoms with Crippen molar-refractivity contribution in [3.63, 3.8) is 0 Å². The summed E-state index contributed by atoms with van der Waals surface area (Å²) in [5.41, 5.74) is 2.33. The molecule has 0 aliphatic rings. The van der Waals surface area contributed by atoms with E-state index in [2.05, 4.69) is 10.6 Å². The molecule has 0 heterocycles. The lowest BCUT2D eigenvalue weighted by Crippen LogP contribution is -2.35. The van der Waals surface area contributed by atoms with Crippen LogP contribution in [0.1, 0.15) is 22.7 Å². The highest BCUT2D eigenvalue weighted by atomic mass is 16.6. The molecule has 0 spiro atoms. The fourth-order valence-corrected chi connectivity index (χ4v) is 2.42. The molecule has 0 bridgehead atoms. The number of nitrogens with one attached hydrogen (secondary N) is 2. The molecule has 1 amide bonds. The van der Waals surface area contributed by atoms with E-state index in [0.29, 0.717) is 12.1 Å². The van der Waals surface area contributed by atoms with E-state index >= 15 is 0 Å². The van der Waals surface area contributed by atoms with E-state index in [4.69, 9.17) is 0 Å². The number of carbonyl (C=O) groups is 1. The summed E-state index contributed by atoms with van der Waals surface area (Å²) in [4.78, 5) is 22.7. The molecule has 2 rings (SSSR count). The quantitative estimate of drug-likeness (QED) is 0.634. The van der Waals surface area contributed by atoms with Gasteiger partial charge in [-0.2, -0.15) is 0 Å². The monoisotopic (exact) mass is 313 g/mol. The Balaban J connectivity index is 2.21. The van der Waals surface area contributed by atoms with Crippen molar-refractivity contribution in [3.05, 3.63) is 75.3 Å². The van der Waals surface area contributed by atoms with E-state index in [1.807, 2.05) is 36.4 Å². The van der Waals surface area contributed by atoms with Crippen LogP contribution in [0.5, 0.6) is 0 Å². The lowest BCUT2D eigenvalue weighted by molar-refractivity contribution is -0.385. The summed E-state index contributed by atoms with van der Waals surface area (Å²) in [6.07, 6.45) is 0. The molecule has 1 atom stereocenters. The summed E-state index contributed by atoms with van der Waals surface area (Å²) in [5.74, 6) is -0.153. The van der Waals surface area contributed by atoms with Crippen molar-refractivity contribution in [3.8, 4) is 0 Å². The molecule has 0 aliphatic heterocycles. The van der Waals surface area contributed by atoms with Gasteiger partial charge in [0.15, 0.2) is 0 Å². The van der Waals surface area contributed by atoms with Crippen LogP contribution in [-0.2, 0) is 11.3 Å². The fourth-order valence-electron chi connectivity index (χ4n) is 2.42. The largest absolute Gasteiger partial charge is 0.358 e. The molecule has 23 heavy (non-hydrogen) atoms. The first kappa shape index (κ1) is 16.6. The zero-order chi connectivity index (χ0) is 16.8. The molecule has 0 aromatic heterocycles. The number of likely N-dealkylation sites (N-methyl/N-ethyl adjacent to an activating group) is 1. The molecule has 0 saturated carbocycles. The van der Waals surface area contributed by atoms with Gasteiger partial charge in [-0.15, -0.1) is 0 Å². The van der Waals surface area contributed by atoms with Crippen LogP contribution in [0.15, 0.2) is 48.5 Å². The maximum Gasteiger partial charge on any atom is 0.272 e. The van der Waals surface area contributed by atoms with Crippen LogP contribution in [0.2, 0.25) is 0 Å². The molecule has 2 aromatic rings. The first-order valence-corrected chi connectivity index (χ1v) is 7.27. The molecule has 6 nitrogen and oxygen atoms in total. The number of carbonyl (C=O) groups excluding carboxylic acids is 1. The Hall–Kier alpha value is -2.73. The Morgan fingerprint density at radius 1 is 1.17 bits per heavy atom. The van der Waals surface area contributed by atoms with E-state index in [1.165, 1.54) is 6.07 Å². The van der Waals surface area contributed by atoms with Gasteiger partial charge in [0.2, 0.25) is 5.91 Å². The van der Waals surface area contributed by atoms with Gasteiger partial charge in [-0.05, 0) is 18.1 Å². The van der Waals surface area contributed by atoms with Crippen LogP contribution in [0.25, 0.3) is 0 Å². The topological polar surface area (TPSA) is 84.3 Å². The molecule has 0 saturated heterocycles. The van der Waals surface area contributed by atoms with Crippen molar-refractivity contribution in [2.24, 2.45) is 0 Å². The maximum atomic E-state index is 12.1. The normalized spacial score (nSPS) is 11.7. The standard InChI is InChI=1S/C17H19N3O3/c1-12-14(9-6-10-15(12)20(22)23)11-19-16(17(21)18-2)13-7-4-3-5-8-13/h3-10,16,19H,11H2,1-2H3,(H,18,21). The van der Waals surface area contributed by atoms with E-state index in [0.717, 1.165) is 11.1 Å². The molecule has 6 heteroatoms. The number of hydrogen-bond donors (Lipinski definition) is 2. The highest BCUT2D eigenvalue weighted by Crippen LogP contribution is 2.22. The second-order valence-corrected chi connectivity index (χ2v) is 5.16. The summed E-state index contributed by atoms with van der Waals surface area (Å²) in [6, 6.07) is 13.8. The minimum Gasteiger partial charge on any atom is -0.358 e. The fraction of sp³-hybridized carbons (Fsp3) is 0.235. The average Bonchev–Trinajstić information content (AvgIpc) is 2.56. The van der Waals surface area contributed by atoms with Crippen LogP contribution >= 0.6 is 0 Å². The van der Waals surface area contributed by atoms with Gasteiger partial charge in [-0.25, -0.2) is 0 Å². The van der Waals surface area contributed by atoms with Crippen molar-refractivity contribution in [1.82, 2.24) is 10.6 Å². The van der Waals surface area contributed by atoms with Crippen LogP contribution in [0.3, 0.4) is 0 Å². The molecule has 120 valence electrons. The van der Waals surface area contributed by atoms with E-state index in [9.17, 15) is 14.9 Å². The summed E-state index contributed by atoms with van der Waals surface area (Å²) < 4.78 is 0. The Kier molecular flexibility index (Phi) is 5.43. The first-order chi connectivity index (χ1) is 11.0. The molecule has 0 fully saturated rings. The number of rotatable bonds is 6. The third kappa shape index (κ3) is 3.92. The Morgan fingerprint density at radius 2 is 1.87 bits per heavy atom. The van der Waals surface area contributed by atoms with Crippen LogP contribution in [0.4, 0.5) is 5.69 Å². The van der Waals surface area contributed by atoms with Gasteiger partial charge < -0.3 is 5.32 Å². The smallest absolute Gasteiger partial charge is 0.272 e. The Morgan fingerprint density at radius 3 is 2.48 bits per heavy atom. The zero-order valence-electron chi connectivity index (χ0n) is 13.1. The third-order valence-electron chi connectivity index (χ3n) is 3.75. The zero-order valence-corrected chi connectivity index (χ0v) is 13.1. The van der Waals surface area contributed by atoms with Gasteiger partial charge >= 0.3 is 0 Å². The van der Waals surface area contributed by atoms with Crippen molar-refractivity contribution in [2.75, 3.05) is 7.05 Å². The second kappa shape index (κ2) is 7.51. The van der Waals surface area contributed by atoms with Gasteiger partial charge in [0.1, 0.15) is 6.04 Å². The SMILES string of the molecule is CNC(=O)C(NCc1cccc([N+](=O)[O-])c1C)c1ccccc1. The molecular formula is C17H19N3O3. The van der Waals surface area contributed by atoms with E-state index in [-0.39, 0.29) is 11.6 Å². The molecular weight excluding hydrogens is 294 g/mol. The predicted octanol–water partition coefficient (Wildman–Crippen LogP) is 2.48. The number of amides is 1. The van der Waals surface area contributed by atoms with Gasteiger partial charge in [-0.3, -0.25) is 20.2 Å². The molecule has 2 aromatic carbocycles. The Bertz CT molecular complexity index is 701. The Labute approximate surface area is 134 Å². The van der Waals surface area contributed by atoms with Crippen molar-refractivity contribution < 1.29 is 9.72 Å². The lowest BCUT2D eigenvalue weighted by Gasteiger charge is -2.18. The number of benzene rings is 2. The van der Waals surface area contributed by atoms with Gasteiger partial charge in [0, 0.05) is 25.2 Å². The minimum absolute atomic E-state index is 0.0838. The summed E-state index contributed by atoms with van der Waals surface area (Å²) >= 11 is 0. The van der Waals surface area contributed by atoms with Gasteiger partial charge in [-0.1, -0.05) is 42.5 Å². The van der Waals surface area contributed by atoms with Crippen molar-refractivity contribution in [1.29, 1.82) is 0 Å². The molecule has 0 radical (unpaired) electrons. The molecule has 1 unspecified atom stereocenters. The van der Waals surface area contributed by atoms with Crippen LogP contribution in [-0.4, -0.2) is 17.9 Å². The second-order valence-electron chi connectivity index (χ2n) is 5.16. The van der Waals surface area contributed by atoms with Crippen molar-refractivity contribution in [2.45, 2.75) is 19.5 Å². The van der Waals surface area contributed by atoms with E-state index < -0.39 is 11.0 Å². The highest BCUT2D eigenvalue weighted by Gasteiger charge is 2.20. The summed E-state index contributed by atoms with van der Waals surface area (Å²) in [5, 5.41) is 16.8. The highest BCUT2D eigenvalue weighted by molar-refractivity contribution is 5.82. The predicted molar refractivity (Wildman–Crippen MR) is 87.9 cm³/mol. The average molecular weight is 313 g/mol. The molecule has 2 N–H and O–H groups in total. The van der Waals surface area contributed by atoms with E-state index in [1.54, 1.807) is 20.0 Å². The lowest BCUT2D eigenvalue weighted by atomic mass is 10.0. The maximum absolute atomic E-state index is 12.1. The number of nitrogens with zero attached hydrogens (tertiary/aromatic N) is 1. The third-order valence-corrected chi connectivity index (χ3v) is 3.75. The van der Waals surface area contributed by atoms with Crippen LogP contribution < -0.4 is 10.6 Å². The number of nitro groups is 1. The van der Waals surface area contributed by atoms with Gasteiger partial charge in [0.25, 0.3) is 5.69 Å². The number of nitro benzene ring substituents is 1. The summed E-state index contributed by atoms with van der Waals surface area (Å²) in [6.45, 7) is 2.08. The number of hydrogen-bond acceptors (Lipinski definition) is 4. The molecule has 0 aliphatic carbocycles. The van der Waals surface area contributed by atoms with Crippen LogP contribution in [0, 0.1) is 17.0 Å². The minimum atomic E-state index is -0.514.